The summed E-state index contributed by atoms with van der Waals surface area (Å²) in [5.41, 5.74) is 3.84. The van der Waals surface area contributed by atoms with Crippen molar-refractivity contribution in [1.29, 1.82) is 0 Å². The van der Waals surface area contributed by atoms with Gasteiger partial charge in [-0.2, -0.15) is 13.2 Å². The van der Waals surface area contributed by atoms with E-state index in [1.807, 2.05) is 4.90 Å². The van der Waals surface area contributed by atoms with Gasteiger partial charge in [-0.05, 0) is 66.1 Å². The maximum absolute atomic E-state index is 14.5. The number of hydrogen-bond donors (Lipinski definition) is 2. The molecule has 0 spiro atoms. The first kappa shape index (κ1) is 30.2. The first-order valence-corrected chi connectivity index (χ1v) is 13.1. The number of hydrogen-bond acceptors (Lipinski definition) is 6. The third kappa shape index (κ3) is 6.96. The molecule has 2 heterocycles. The highest BCUT2D eigenvalue weighted by molar-refractivity contribution is 9.10. The highest BCUT2D eigenvalue weighted by Crippen LogP contribution is 2.36. The van der Waals surface area contributed by atoms with Crippen molar-refractivity contribution in [3.05, 3.63) is 69.7 Å². The average molecular weight is 647 g/mol. The van der Waals surface area contributed by atoms with Crippen molar-refractivity contribution in [1.82, 2.24) is 14.8 Å². The third-order valence-corrected chi connectivity index (χ3v) is 7.08. The SMILES string of the molecule is NC(=O)c1c(F)ccc(OCCN(CC(c2nc(-c3ccc(C(F)(F)F)cc3)c(Br)o2)N2CCCC2)C(=O)O)c1F. The van der Waals surface area contributed by atoms with E-state index in [1.54, 1.807) is 0 Å². The van der Waals surface area contributed by atoms with Crippen LogP contribution in [0.5, 0.6) is 5.75 Å². The number of oxazole rings is 1. The molecule has 41 heavy (non-hydrogen) atoms. The van der Waals surface area contributed by atoms with Crippen LogP contribution in [0.15, 0.2) is 45.5 Å². The predicted octanol–water partition coefficient (Wildman–Crippen LogP) is 5.70. The van der Waals surface area contributed by atoms with Gasteiger partial charge in [-0.3, -0.25) is 9.69 Å². The fraction of sp³-hybridized carbons (Fsp3) is 0.346. The number of nitrogens with two attached hydrogens (primary N) is 1. The van der Waals surface area contributed by atoms with Crippen LogP contribution in [-0.2, 0) is 6.18 Å². The van der Waals surface area contributed by atoms with Gasteiger partial charge in [0, 0.05) is 12.1 Å². The largest absolute Gasteiger partial charge is 0.489 e. The Balaban J connectivity index is 1.53. The van der Waals surface area contributed by atoms with Crippen molar-refractivity contribution >= 4 is 27.9 Å². The number of amides is 2. The summed E-state index contributed by atoms with van der Waals surface area (Å²) in [6.07, 6.45) is -4.11. The summed E-state index contributed by atoms with van der Waals surface area (Å²) < 4.78 is 78.4. The van der Waals surface area contributed by atoms with Gasteiger partial charge in [-0.15, -0.1) is 0 Å². The fourth-order valence-electron chi connectivity index (χ4n) is 4.47. The summed E-state index contributed by atoms with van der Waals surface area (Å²) in [5, 5.41) is 9.86. The molecule has 0 aliphatic carbocycles. The van der Waals surface area contributed by atoms with Gasteiger partial charge in [0.15, 0.2) is 16.2 Å². The summed E-state index contributed by atoms with van der Waals surface area (Å²) in [7, 11) is 0. The van der Waals surface area contributed by atoms with Crippen molar-refractivity contribution in [3.63, 3.8) is 0 Å². The zero-order valence-electron chi connectivity index (χ0n) is 21.3. The molecule has 1 aromatic heterocycles. The number of benzene rings is 2. The average Bonchev–Trinajstić information content (AvgIpc) is 3.57. The molecule has 0 bridgehead atoms. The van der Waals surface area contributed by atoms with Crippen LogP contribution >= 0.6 is 15.9 Å². The molecule has 2 aromatic carbocycles. The second kappa shape index (κ2) is 12.4. The minimum Gasteiger partial charge on any atom is -0.489 e. The van der Waals surface area contributed by atoms with Crippen molar-refractivity contribution in [3.8, 4) is 17.0 Å². The van der Waals surface area contributed by atoms with Gasteiger partial charge in [0.25, 0.3) is 5.91 Å². The maximum Gasteiger partial charge on any atom is 0.416 e. The van der Waals surface area contributed by atoms with E-state index in [0.717, 1.165) is 42.0 Å². The number of likely N-dealkylation sites (tertiary alicyclic amines) is 1. The van der Waals surface area contributed by atoms with Gasteiger partial charge >= 0.3 is 12.3 Å². The number of rotatable bonds is 10. The number of carbonyl (C=O) groups is 2. The second-order valence-electron chi connectivity index (χ2n) is 9.18. The Bertz CT molecular complexity index is 1410. The molecule has 1 aliphatic rings. The molecule has 9 nitrogen and oxygen atoms in total. The number of halogens is 6. The molecule has 4 rings (SSSR count). The summed E-state index contributed by atoms with van der Waals surface area (Å²) >= 11 is 3.26. The lowest BCUT2D eigenvalue weighted by molar-refractivity contribution is -0.137. The monoisotopic (exact) mass is 646 g/mol. The van der Waals surface area contributed by atoms with Gasteiger partial charge in [0.2, 0.25) is 5.89 Å². The molecule has 0 saturated carbocycles. The number of primary amides is 1. The second-order valence-corrected chi connectivity index (χ2v) is 9.90. The number of nitrogens with zero attached hydrogens (tertiary/aromatic N) is 3. The van der Waals surface area contributed by atoms with Crippen LogP contribution in [0.4, 0.5) is 26.7 Å². The summed E-state index contributed by atoms with van der Waals surface area (Å²) in [5.74, 6) is -4.10. The Morgan fingerprint density at radius 3 is 2.39 bits per heavy atom. The van der Waals surface area contributed by atoms with E-state index in [-0.39, 0.29) is 36.0 Å². The smallest absolute Gasteiger partial charge is 0.416 e. The summed E-state index contributed by atoms with van der Waals surface area (Å²) in [6, 6.07) is 5.50. The van der Waals surface area contributed by atoms with Crippen LogP contribution in [-0.4, -0.2) is 64.7 Å². The predicted molar refractivity (Wildman–Crippen MR) is 138 cm³/mol. The first-order valence-electron chi connectivity index (χ1n) is 12.3. The van der Waals surface area contributed by atoms with Crippen LogP contribution in [0.2, 0.25) is 0 Å². The van der Waals surface area contributed by atoms with Crippen LogP contribution in [0.25, 0.3) is 11.3 Å². The Morgan fingerprint density at radius 1 is 1.15 bits per heavy atom. The number of ether oxygens (including phenoxy) is 1. The summed E-state index contributed by atoms with van der Waals surface area (Å²) in [6.45, 7) is 0.542. The van der Waals surface area contributed by atoms with E-state index in [4.69, 9.17) is 14.9 Å². The van der Waals surface area contributed by atoms with Gasteiger partial charge in [-0.1, -0.05) is 12.1 Å². The molecule has 0 radical (unpaired) electrons. The molecular formula is C26H24BrF5N4O5. The van der Waals surface area contributed by atoms with Crippen molar-refractivity contribution < 1.29 is 45.8 Å². The van der Waals surface area contributed by atoms with Gasteiger partial charge in [0.05, 0.1) is 12.1 Å². The van der Waals surface area contributed by atoms with E-state index in [1.165, 1.54) is 12.1 Å². The zero-order chi connectivity index (χ0) is 29.9. The highest BCUT2D eigenvalue weighted by atomic mass is 79.9. The van der Waals surface area contributed by atoms with E-state index in [2.05, 4.69) is 20.9 Å². The number of carboxylic acid groups (broad SMARTS) is 1. The van der Waals surface area contributed by atoms with Gasteiger partial charge in [-0.25, -0.2) is 18.6 Å². The highest BCUT2D eigenvalue weighted by Gasteiger charge is 2.33. The van der Waals surface area contributed by atoms with Crippen molar-refractivity contribution in [2.45, 2.75) is 25.1 Å². The van der Waals surface area contributed by atoms with Crippen LogP contribution in [0.1, 0.15) is 40.7 Å². The van der Waals surface area contributed by atoms with E-state index in [0.29, 0.717) is 18.7 Å². The van der Waals surface area contributed by atoms with E-state index < -0.39 is 52.7 Å². The lowest BCUT2D eigenvalue weighted by Gasteiger charge is -2.29. The normalized spacial score (nSPS) is 14.7. The Kier molecular flexibility index (Phi) is 9.17. The fourth-order valence-corrected chi connectivity index (χ4v) is 4.95. The van der Waals surface area contributed by atoms with Gasteiger partial charge < -0.3 is 24.9 Å². The molecule has 1 fully saturated rings. The van der Waals surface area contributed by atoms with E-state index in [9.17, 15) is 36.6 Å². The van der Waals surface area contributed by atoms with Crippen molar-refractivity contribution in [2.75, 3.05) is 32.8 Å². The molecular weight excluding hydrogens is 623 g/mol. The Labute approximate surface area is 238 Å². The lowest BCUT2D eigenvalue weighted by Crippen LogP contribution is -2.41. The molecule has 1 unspecified atom stereocenters. The minimum atomic E-state index is -4.50. The zero-order valence-corrected chi connectivity index (χ0v) is 22.8. The molecule has 1 aliphatic heterocycles. The number of aromatic nitrogens is 1. The lowest BCUT2D eigenvalue weighted by atomic mass is 10.1. The van der Waals surface area contributed by atoms with Crippen LogP contribution in [0.3, 0.4) is 0 Å². The molecule has 220 valence electrons. The molecule has 3 N–H and O–H groups in total. The summed E-state index contributed by atoms with van der Waals surface area (Å²) in [4.78, 5) is 30.9. The molecule has 1 atom stereocenters. The van der Waals surface area contributed by atoms with Crippen molar-refractivity contribution in [2.24, 2.45) is 5.73 Å². The van der Waals surface area contributed by atoms with Crippen LogP contribution < -0.4 is 10.5 Å². The molecule has 15 heteroatoms. The third-order valence-electron chi connectivity index (χ3n) is 6.54. The molecule has 3 aromatic rings. The molecule has 2 amide bonds. The number of carbonyl (C=O) groups excluding carboxylic acids is 1. The Hall–Kier alpha value is -3.72. The molecule has 1 saturated heterocycles. The topological polar surface area (TPSA) is 122 Å². The quantitative estimate of drug-likeness (QED) is 0.271. The first-order chi connectivity index (χ1) is 19.4. The Morgan fingerprint density at radius 2 is 1.80 bits per heavy atom. The van der Waals surface area contributed by atoms with Crippen LogP contribution in [0, 0.1) is 11.6 Å². The van der Waals surface area contributed by atoms with E-state index >= 15 is 0 Å². The maximum atomic E-state index is 14.5. The minimum absolute atomic E-state index is 0.128. The standard InChI is InChI=1S/C26H24BrF5N4O5/c27-22-21(14-3-5-15(6-4-14)26(30,31)32)34-24(41-22)17(35-9-1-2-10-35)13-36(25(38)39)11-12-40-18-8-7-16(28)19(20(18)29)23(33)37/h3-8,17H,1-2,9-13H2,(H2,33,37)(H,38,39). The number of alkyl halides is 3. The van der Waals surface area contributed by atoms with Gasteiger partial charge in [0.1, 0.15) is 29.7 Å².